The highest BCUT2D eigenvalue weighted by molar-refractivity contribution is 9.10. The van der Waals surface area contributed by atoms with E-state index in [9.17, 15) is 14.4 Å². The summed E-state index contributed by atoms with van der Waals surface area (Å²) in [6, 6.07) is 6.89. The number of esters is 2. The molecule has 0 amide bonds. The Bertz CT molecular complexity index is 738. The van der Waals surface area contributed by atoms with Gasteiger partial charge in [0.1, 0.15) is 5.60 Å². The van der Waals surface area contributed by atoms with Crippen LogP contribution in [0.25, 0.3) is 0 Å². The minimum absolute atomic E-state index is 0.142. The van der Waals surface area contributed by atoms with Crippen molar-refractivity contribution in [2.75, 3.05) is 6.61 Å². The lowest BCUT2D eigenvalue weighted by molar-refractivity contribution is -0.166. The summed E-state index contributed by atoms with van der Waals surface area (Å²) in [6.07, 6.45) is 0. The van der Waals surface area contributed by atoms with Gasteiger partial charge in [0.25, 0.3) is 0 Å². The van der Waals surface area contributed by atoms with Gasteiger partial charge in [0, 0.05) is 16.0 Å². The number of fused-ring (bicyclic) bond motifs is 1. The second kappa shape index (κ2) is 5.15. The quantitative estimate of drug-likeness (QED) is 0.445. The van der Waals surface area contributed by atoms with E-state index in [-0.39, 0.29) is 12.4 Å². The van der Waals surface area contributed by atoms with Gasteiger partial charge in [-0.3, -0.25) is 14.4 Å². The highest BCUT2D eigenvalue weighted by atomic mass is 79.9. The predicted octanol–water partition coefficient (Wildman–Crippen LogP) is 3.15. The molecule has 0 spiro atoms. The molecule has 24 heavy (non-hydrogen) atoms. The maximum absolute atomic E-state index is 13.2. The largest absolute Gasteiger partial charge is 0.465 e. The molecule has 5 nitrogen and oxygen atoms in total. The van der Waals surface area contributed by atoms with Gasteiger partial charge in [-0.25, -0.2) is 0 Å². The summed E-state index contributed by atoms with van der Waals surface area (Å²) in [5, 5.41) is 0. The smallest absolute Gasteiger partial charge is 0.325 e. The molecule has 128 valence electrons. The van der Waals surface area contributed by atoms with Gasteiger partial charge in [0.15, 0.2) is 11.2 Å². The summed E-state index contributed by atoms with van der Waals surface area (Å²) in [5.41, 5.74) is -3.14. The molecule has 1 saturated heterocycles. The maximum atomic E-state index is 13.2. The molecule has 0 N–H and O–H groups in total. The van der Waals surface area contributed by atoms with Crippen LogP contribution in [0.1, 0.15) is 38.1 Å². The van der Waals surface area contributed by atoms with Crippen LogP contribution in [0.4, 0.5) is 0 Å². The average molecular weight is 395 g/mol. The highest BCUT2D eigenvalue weighted by Crippen LogP contribution is 2.78. The zero-order chi connectivity index (χ0) is 17.9. The Balaban J connectivity index is 2.09. The Kier molecular flexibility index (Phi) is 3.68. The molecular formula is C18H19BrO5. The summed E-state index contributed by atoms with van der Waals surface area (Å²) < 4.78 is 11.4. The van der Waals surface area contributed by atoms with Gasteiger partial charge >= 0.3 is 11.9 Å². The van der Waals surface area contributed by atoms with Crippen LogP contribution in [0, 0.1) is 16.7 Å². The first-order chi connectivity index (χ1) is 11.1. The Morgan fingerprint density at radius 1 is 1.21 bits per heavy atom. The van der Waals surface area contributed by atoms with Gasteiger partial charge in [0.05, 0.1) is 12.0 Å². The lowest BCUT2D eigenvalue weighted by Gasteiger charge is -2.26. The van der Waals surface area contributed by atoms with E-state index in [0.717, 1.165) is 4.47 Å². The molecule has 2 aliphatic rings. The second-order valence-electron chi connectivity index (χ2n) is 6.99. The van der Waals surface area contributed by atoms with E-state index in [0.29, 0.717) is 5.56 Å². The zero-order valence-corrected chi connectivity index (χ0v) is 15.6. The van der Waals surface area contributed by atoms with Crippen molar-refractivity contribution in [1.82, 2.24) is 0 Å². The molecule has 1 saturated carbocycles. The molecule has 0 unspecified atom stereocenters. The Morgan fingerprint density at radius 2 is 1.79 bits per heavy atom. The van der Waals surface area contributed by atoms with Gasteiger partial charge in [-0.05, 0) is 32.9 Å². The molecule has 1 aromatic rings. The van der Waals surface area contributed by atoms with Crippen LogP contribution < -0.4 is 0 Å². The van der Waals surface area contributed by atoms with Crippen molar-refractivity contribution in [3.8, 4) is 0 Å². The van der Waals surface area contributed by atoms with Crippen LogP contribution in [0.5, 0.6) is 0 Å². The van der Waals surface area contributed by atoms with Crippen LogP contribution in [0.2, 0.25) is 0 Å². The first-order valence-electron chi connectivity index (χ1n) is 7.85. The summed E-state index contributed by atoms with van der Waals surface area (Å²) in [5.74, 6) is -2.11. The van der Waals surface area contributed by atoms with Crippen LogP contribution in [0.15, 0.2) is 28.7 Å². The molecule has 1 heterocycles. The molecule has 3 rings (SSSR count). The summed E-state index contributed by atoms with van der Waals surface area (Å²) in [7, 11) is 0. The monoisotopic (exact) mass is 394 g/mol. The van der Waals surface area contributed by atoms with Gasteiger partial charge in [0.2, 0.25) is 0 Å². The van der Waals surface area contributed by atoms with Crippen LogP contribution in [-0.4, -0.2) is 29.9 Å². The van der Waals surface area contributed by atoms with Crippen molar-refractivity contribution in [2.24, 2.45) is 16.7 Å². The topological polar surface area (TPSA) is 69.7 Å². The van der Waals surface area contributed by atoms with Crippen molar-refractivity contribution < 1.29 is 23.9 Å². The van der Waals surface area contributed by atoms with Gasteiger partial charge in [-0.1, -0.05) is 35.0 Å². The first kappa shape index (κ1) is 17.1. The van der Waals surface area contributed by atoms with E-state index >= 15 is 0 Å². The standard InChI is InChI=1S/C18H19BrO5/c1-5-23-14(21)18-13(16(2,3)24-15(18)22)17(18,4)12(20)10-6-8-11(19)9-7-10/h6-9,13H,5H2,1-4H3/t13-,17-,18-/m0/s1. The number of cyclic esters (lactones) is 1. The second-order valence-corrected chi connectivity index (χ2v) is 7.91. The minimum atomic E-state index is -1.54. The normalized spacial score (nSPS) is 32.7. The molecule has 1 aliphatic heterocycles. The average Bonchev–Trinajstić information content (AvgIpc) is 3.03. The summed E-state index contributed by atoms with van der Waals surface area (Å²) >= 11 is 3.33. The predicted molar refractivity (Wildman–Crippen MR) is 89.3 cm³/mol. The molecule has 2 fully saturated rings. The third kappa shape index (κ3) is 1.89. The van der Waals surface area contributed by atoms with E-state index in [1.54, 1.807) is 52.0 Å². The number of ketones is 1. The lowest BCUT2D eigenvalue weighted by atomic mass is 9.85. The van der Waals surface area contributed by atoms with E-state index < -0.39 is 34.3 Å². The molecule has 1 aromatic carbocycles. The highest BCUT2D eigenvalue weighted by Gasteiger charge is 2.94. The minimum Gasteiger partial charge on any atom is -0.465 e. The molecule has 3 atom stereocenters. The molecular weight excluding hydrogens is 376 g/mol. The molecule has 1 aliphatic carbocycles. The van der Waals surface area contributed by atoms with Crippen LogP contribution in [-0.2, 0) is 19.1 Å². The van der Waals surface area contributed by atoms with Crippen molar-refractivity contribution in [3.05, 3.63) is 34.3 Å². The number of ether oxygens (including phenoxy) is 2. The van der Waals surface area contributed by atoms with Crippen molar-refractivity contribution in [1.29, 1.82) is 0 Å². The Hall–Kier alpha value is -1.69. The zero-order valence-electron chi connectivity index (χ0n) is 14.0. The number of hydrogen-bond donors (Lipinski definition) is 0. The number of halogens is 1. The number of Topliss-reactive ketones (excluding diaryl/α,β-unsaturated/α-hetero) is 1. The summed E-state index contributed by atoms with van der Waals surface area (Å²) in [4.78, 5) is 38.4. The molecule has 0 radical (unpaired) electrons. The number of carbonyl (C=O) groups is 3. The number of hydrogen-bond acceptors (Lipinski definition) is 5. The van der Waals surface area contributed by atoms with Crippen molar-refractivity contribution >= 4 is 33.7 Å². The molecule has 0 aromatic heterocycles. The fourth-order valence-corrected chi connectivity index (χ4v) is 4.68. The summed E-state index contributed by atoms with van der Waals surface area (Å²) in [6.45, 7) is 6.95. The first-order valence-corrected chi connectivity index (χ1v) is 8.64. The number of rotatable bonds is 4. The van der Waals surface area contributed by atoms with Gasteiger partial charge in [-0.15, -0.1) is 0 Å². The van der Waals surface area contributed by atoms with Crippen molar-refractivity contribution in [2.45, 2.75) is 33.3 Å². The van der Waals surface area contributed by atoms with E-state index in [1.807, 2.05) is 0 Å². The Labute approximate surface area is 148 Å². The van der Waals surface area contributed by atoms with Crippen LogP contribution in [0.3, 0.4) is 0 Å². The lowest BCUT2D eigenvalue weighted by Crippen LogP contribution is -2.39. The molecule has 6 heteroatoms. The third-order valence-electron chi connectivity index (χ3n) is 5.29. The van der Waals surface area contributed by atoms with Gasteiger partial charge < -0.3 is 9.47 Å². The van der Waals surface area contributed by atoms with Gasteiger partial charge in [-0.2, -0.15) is 0 Å². The third-order valence-corrected chi connectivity index (χ3v) is 5.82. The fourth-order valence-electron chi connectivity index (χ4n) is 4.41. The SMILES string of the molecule is CCOC(=O)[C@]12C(=O)OC(C)(C)[C@H]1[C@]2(C)C(=O)c1ccc(Br)cc1. The fraction of sp³-hybridized carbons (Fsp3) is 0.500. The van der Waals surface area contributed by atoms with E-state index in [4.69, 9.17) is 9.47 Å². The van der Waals surface area contributed by atoms with Crippen molar-refractivity contribution in [3.63, 3.8) is 0 Å². The molecule has 0 bridgehead atoms. The Morgan fingerprint density at radius 3 is 2.33 bits per heavy atom. The maximum Gasteiger partial charge on any atom is 0.325 e. The number of benzene rings is 1. The van der Waals surface area contributed by atoms with Crippen LogP contribution >= 0.6 is 15.9 Å². The van der Waals surface area contributed by atoms with E-state index in [2.05, 4.69) is 15.9 Å². The van der Waals surface area contributed by atoms with E-state index in [1.165, 1.54) is 0 Å². The number of carbonyl (C=O) groups excluding carboxylic acids is 3.